The first kappa shape index (κ1) is 71.6. The van der Waals surface area contributed by atoms with Gasteiger partial charge in [-0.15, -0.1) is 0 Å². The third-order valence-electron chi connectivity index (χ3n) is 11.6. The monoisotopic (exact) mass is 1080 g/mol. The highest BCUT2D eigenvalue weighted by Crippen LogP contribution is 2.43. The SMILES string of the molecule is CC/C=C\C/C=C\C/C=C\C/C=C\C/C=C\CCCCCC(=O)OC(COC(=O)C/C=C\C/C=C\C/C=C\C/C=C\C/C=C\CC)COP(=O)(O)OCC(CO)OC(=O)CCCCCCC/C=C\CCCCCCCC. The minimum Gasteiger partial charge on any atom is -0.461 e. The minimum absolute atomic E-state index is 0.0208. The lowest BCUT2D eigenvalue weighted by Gasteiger charge is -2.21. The van der Waals surface area contributed by atoms with Crippen LogP contribution in [0.25, 0.3) is 0 Å². The number of rotatable bonds is 52. The maximum Gasteiger partial charge on any atom is 0.472 e. The molecule has 0 aliphatic rings. The maximum absolute atomic E-state index is 12.9. The van der Waals surface area contributed by atoms with E-state index in [4.69, 9.17) is 23.3 Å². The third-order valence-corrected chi connectivity index (χ3v) is 12.5. The summed E-state index contributed by atoms with van der Waals surface area (Å²) in [6.07, 6.45) is 71.5. The van der Waals surface area contributed by atoms with Crippen LogP contribution in [-0.2, 0) is 42.2 Å². The predicted molar refractivity (Wildman–Crippen MR) is 316 cm³/mol. The Bertz CT molecular complexity index is 1780. The van der Waals surface area contributed by atoms with Gasteiger partial charge in [0.05, 0.1) is 26.2 Å². The lowest BCUT2D eigenvalue weighted by atomic mass is 10.1. The van der Waals surface area contributed by atoms with Crippen molar-refractivity contribution in [2.24, 2.45) is 0 Å². The van der Waals surface area contributed by atoms with Crippen molar-refractivity contribution in [3.8, 4) is 0 Å². The van der Waals surface area contributed by atoms with Crippen LogP contribution in [0.4, 0.5) is 0 Å². The largest absolute Gasteiger partial charge is 0.472 e. The molecule has 3 atom stereocenters. The van der Waals surface area contributed by atoms with Crippen molar-refractivity contribution in [1.82, 2.24) is 0 Å². The second-order valence-electron chi connectivity index (χ2n) is 18.7. The number of carbonyl (C=O) groups is 3. The van der Waals surface area contributed by atoms with E-state index in [1.54, 1.807) is 6.08 Å². The highest BCUT2D eigenvalue weighted by Gasteiger charge is 2.28. The van der Waals surface area contributed by atoms with E-state index in [-0.39, 0.29) is 19.3 Å². The van der Waals surface area contributed by atoms with Gasteiger partial charge in [0.1, 0.15) is 12.7 Å². The van der Waals surface area contributed by atoms with E-state index in [1.165, 1.54) is 38.5 Å². The number of carbonyl (C=O) groups excluding carboxylic acids is 3. The summed E-state index contributed by atoms with van der Waals surface area (Å²) in [5.74, 6) is -1.68. The smallest absolute Gasteiger partial charge is 0.461 e. The third kappa shape index (κ3) is 54.4. The molecule has 76 heavy (non-hydrogen) atoms. The second kappa shape index (κ2) is 56.8. The number of hydrogen-bond acceptors (Lipinski definition) is 10. The van der Waals surface area contributed by atoms with Crippen molar-refractivity contribution in [3.05, 3.63) is 134 Å². The molecular weight excluding hydrogens is 976 g/mol. The summed E-state index contributed by atoms with van der Waals surface area (Å²) < 4.78 is 39.4. The van der Waals surface area contributed by atoms with Crippen LogP contribution in [0, 0.1) is 0 Å². The van der Waals surface area contributed by atoms with Gasteiger partial charge in [-0.25, -0.2) is 4.57 Å². The van der Waals surface area contributed by atoms with Gasteiger partial charge in [-0.2, -0.15) is 0 Å². The summed E-state index contributed by atoms with van der Waals surface area (Å²) in [4.78, 5) is 48.5. The molecule has 0 aromatic heterocycles. The van der Waals surface area contributed by atoms with Crippen LogP contribution in [-0.4, -0.2) is 66.5 Å². The molecule has 430 valence electrons. The standard InChI is InChI=1S/C64H103O11P/c1-4-7-10-13-16-19-22-25-28-29-30-31-34-37-40-43-46-49-52-55-64(68)75-61(57-71-62(66)53-50-47-44-41-38-35-32-26-23-20-17-14-11-8-5-2)59-73-76(69,70)72-58-60(56-65)74-63(67)54-51-48-45-42-39-36-33-27-24-21-18-15-12-9-6-3/h7-8,10-11,16-17,19-20,25-28,30-33,37-38,40-41,47,50,60-61,65H,4-6,9,12-15,18,21-24,29,34-36,39,42-46,48-49,51-59H2,1-3H3,(H,69,70)/b10-7-,11-8-,19-16-,20-17-,28-25-,31-30-,32-26-,33-27-,40-37-,41-38-,50-47-. The lowest BCUT2D eigenvalue weighted by molar-refractivity contribution is -0.161. The highest BCUT2D eigenvalue weighted by molar-refractivity contribution is 7.47. The van der Waals surface area contributed by atoms with E-state index < -0.39 is 64.4 Å². The van der Waals surface area contributed by atoms with Gasteiger partial charge in [0.25, 0.3) is 0 Å². The normalized spacial score (nSPS) is 14.3. The predicted octanol–water partition coefficient (Wildman–Crippen LogP) is 17.4. The summed E-state index contributed by atoms with van der Waals surface area (Å²) in [6.45, 7) is 4.24. The van der Waals surface area contributed by atoms with Crippen LogP contribution in [0.2, 0.25) is 0 Å². The number of ether oxygens (including phenoxy) is 3. The van der Waals surface area contributed by atoms with Crippen LogP contribution in [0.1, 0.15) is 213 Å². The number of aliphatic hydroxyl groups excluding tert-OH is 1. The summed E-state index contributed by atoms with van der Waals surface area (Å²) in [5, 5.41) is 9.82. The second-order valence-corrected chi connectivity index (χ2v) is 20.2. The molecule has 0 aliphatic heterocycles. The molecule has 0 aromatic rings. The molecule has 0 aliphatic carbocycles. The van der Waals surface area contributed by atoms with E-state index in [1.807, 2.05) is 12.2 Å². The Morgan fingerprint density at radius 1 is 0.395 bits per heavy atom. The Labute approximate surface area is 461 Å². The zero-order valence-corrected chi connectivity index (χ0v) is 48.3. The van der Waals surface area contributed by atoms with Crippen LogP contribution in [0.15, 0.2) is 134 Å². The van der Waals surface area contributed by atoms with E-state index in [0.717, 1.165) is 116 Å². The zero-order chi connectivity index (χ0) is 55.5. The number of phosphoric acid groups is 1. The topological polar surface area (TPSA) is 155 Å². The van der Waals surface area contributed by atoms with Gasteiger partial charge in [-0.3, -0.25) is 23.4 Å². The number of esters is 3. The van der Waals surface area contributed by atoms with Gasteiger partial charge >= 0.3 is 25.7 Å². The van der Waals surface area contributed by atoms with Gasteiger partial charge in [-0.1, -0.05) is 212 Å². The van der Waals surface area contributed by atoms with Crippen LogP contribution < -0.4 is 0 Å². The van der Waals surface area contributed by atoms with Gasteiger partial charge in [0.15, 0.2) is 6.10 Å². The highest BCUT2D eigenvalue weighted by atomic mass is 31.2. The van der Waals surface area contributed by atoms with Crippen molar-refractivity contribution in [1.29, 1.82) is 0 Å². The van der Waals surface area contributed by atoms with Crippen molar-refractivity contribution < 1.29 is 52.2 Å². The lowest BCUT2D eigenvalue weighted by Crippen LogP contribution is -2.30. The van der Waals surface area contributed by atoms with Crippen molar-refractivity contribution >= 4 is 25.7 Å². The Morgan fingerprint density at radius 3 is 1.14 bits per heavy atom. The molecule has 0 fully saturated rings. The number of hydrogen-bond donors (Lipinski definition) is 2. The van der Waals surface area contributed by atoms with Crippen LogP contribution in [0.3, 0.4) is 0 Å². The van der Waals surface area contributed by atoms with Crippen molar-refractivity contribution in [2.45, 2.75) is 226 Å². The van der Waals surface area contributed by atoms with Gasteiger partial charge in [-0.05, 0) is 116 Å². The zero-order valence-electron chi connectivity index (χ0n) is 47.4. The molecule has 0 saturated heterocycles. The summed E-state index contributed by atoms with van der Waals surface area (Å²) in [7, 11) is -4.79. The fourth-order valence-corrected chi connectivity index (χ4v) is 8.00. The van der Waals surface area contributed by atoms with E-state index in [9.17, 15) is 28.9 Å². The van der Waals surface area contributed by atoms with E-state index in [0.29, 0.717) is 19.3 Å². The molecule has 3 unspecified atom stereocenters. The molecule has 0 amide bonds. The fourth-order valence-electron chi connectivity index (χ4n) is 7.21. The van der Waals surface area contributed by atoms with Crippen LogP contribution in [0.5, 0.6) is 0 Å². The Balaban J connectivity index is 4.90. The molecule has 0 radical (unpaired) electrons. The molecule has 11 nitrogen and oxygen atoms in total. The first-order valence-electron chi connectivity index (χ1n) is 29.1. The average molecular weight is 1080 g/mol. The summed E-state index contributed by atoms with van der Waals surface area (Å²) in [6, 6.07) is 0. The molecule has 2 N–H and O–H groups in total. The Hall–Kier alpha value is -4.38. The Morgan fingerprint density at radius 2 is 0.724 bits per heavy atom. The first-order valence-corrected chi connectivity index (χ1v) is 30.6. The number of allylic oxidation sites excluding steroid dienone is 21. The van der Waals surface area contributed by atoms with Gasteiger partial charge < -0.3 is 24.2 Å². The molecule has 0 saturated carbocycles. The van der Waals surface area contributed by atoms with Gasteiger partial charge in [0, 0.05) is 12.8 Å². The first-order chi connectivity index (χ1) is 37.2. The Kier molecular flexibility index (Phi) is 53.5. The van der Waals surface area contributed by atoms with E-state index >= 15 is 0 Å². The molecule has 0 rings (SSSR count). The number of aliphatic hydroxyl groups is 1. The summed E-state index contributed by atoms with van der Waals surface area (Å²) >= 11 is 0. The molecule has 0 heterocycles. The average Bonchev–Trinajstić information content (AvgIpc) is 3.41. The molecule has 0 bridgehead atoms. The van der Waals surface area contributed by atoms with Crippen LogP contribution >= 0.6 is 7.82 Å². The molecule has 12 heteroatoms. The quantitative estimate of drug-likeness (QED) is 0.0197. The molecular formula is C64H103O11P. The number of phosphoric ester groups is 1. The fraction of sp³-hybridized carbons (Fsp3) is 0.609. The van der Waals surface area contributed by atoms with Crippen molar-refractivity contribution in [2.75, 3.05) is 26.4 Å². The maximum atomic E-state index is 12.9. The molecule has 0 spiro atoms. The van der Waals surface area contributed by atoms with Gasteiger partial charge in [0.2, 0.25) is 0 Å². The minimum atomic E-state index is -4.79. The van der Waals surface area contributed by atoms with E-state index in [2.05, 4.69) is 136 Å². The number of unbranched alkanes of at least 4 members (excludes halogenated alkanes) is 14. The van der Waals surface area contributed by atoms with Crippen molar-refractivity contribution in [3.63, 3.8) is 0 Å². The summed E-state index contributed by atoms with van der Waals surface area (Å²) in [5.41, 5.74) is 0. The molecule has 0 aromatic carbocycles.